The Labute approximate surface area is 130 Å². The van der Waals surface area contributed by atoms with Crippen molar-refractivity contribution in [2.24, 2.45) is 0 Å². The van der Waals surface area contributed by atoms with Crippen LogP contribution in [0.1, 0.15) is 11.1 Å². The molecule has 118 valence electrons. The van der Waals surface area contributed by atoms with Gasteiger partial charge in [0.1, 0.15) is 0 Å². The van der Waals surface area contributed by atoms with E-state index in [0.29, 0.717) is 11.5 Å². The van der Waals surface area contributed by atoms with Crippen molar-refractivity contribution < 1.29 is 17.9 Å². The number of sulfonamides is 1. The monoisotopic (exact) mass is 321 g/mol. The van der Waals surface area contributed by atoms with Crippen LogP contribution in [-0.2, 0) is 16.6 Å². The van der Waals surface area contributed by atoms with Crippen molar-refractivity contribution >= 4 is 10.0 Å². The average Bonchev–Trinajstić information content (AvgIpc) is 2.52. The molecule has 5 nitrogen and oxygen atoms in total. The van der Waals surface area contributed by atoms with Crippen molar-refractivity contribution in [2.75, 3.05) is 14.2 Å². The van der Waals surface area contributed by atoms with Crippen molar-refractivity contribution in [2.45, 2.75) is 18.4 Å². The second-order valence-corrected chi connectivity index (χ2v) is 6.60. The number of nitrogens with one attached hydrogen (secondary N) is 1. The predicted octanol–water partition coefficient (Wildman–Crippen LogP) is 2.49. The van der Waals surface area contributed by atoms with Crippen molar-refractivity contribution in [1.82, 2.24) is 4.72 Å². The molecule has 1 N–H and O–H groups in total. The van der Waals surface area contributed by atoms with Crippen molar-refractivity contribution in [3.8, 4) is 11.5 Å². The minimum Gasteiger partial charge on any atom is -0.493 e. The van der Waals surface area contributed by atoms with Gasteiger partial charge in [-0.15, -0.1) is 0 Å². The number of methoxy groups -OCH3 is 2. The molecule has 0 aliphatic rings. The van der Waals surface area contributed by atoms with E-state index in [2.05, 4.69) is 4.72 Å². The van der Waals surface area contributed by atoms with Gasteiger partial charge in [0, 0.05) is 12.6 Å². The average molecular weight is 321 g/mol. The zero-order valence-electron chi connectivity index (χ0n) is 12.8. The molecule has 0 aliphatic carbocycles. The van der Waals surface area contributed by atoms with Crippen LogP contribution in [0.2, 0.25) is 0 Å². The first-order valence-electron chi connectivity index (χ1n) is 6.73. The Morgan fingerprint density at radius 1 is 1.00 bits per heavy atom. The minimum absolute atomic E-state index is 0.137. The Balaban J connectivity index is 2.20. The fourth-order valence-electron chi connectivity index (χ4n) is 2.07. The summed E-state index contributed by atoms with van der Waals surface area (Å²) in [5.74, 6) is 0.862. The highest BCUT2D eigenvalue weighted by molar-refractivity contribution is 7.89. The van der Waals surface area contributed by atoms with E-state index in [1.807, 2.05) is 31.2 Å². The Morgan fingerprint density at radius 2 is 1.73 bits per heavy atom. The molecule has 2 rings (SSSR count). The van der Waals surface area contributed by atoms with Crippen LogP contribution in [0.15, 0.2) is 47.4 Å². The maximum Gasteiger partial charge on any atom is 0.241 e. The normalized spacial score (nSPS) is 11.2. The van der Waals surface area contributed by atoms with Crippen LogP contribution in [0.3, 0.4) is 0 Å². The van der Waals surface area contributed by atoms with E-state index < -0.39 is 10.0 Å². The number of ether oxygens (including phenoxy) is 2. The molecule has 2 aromatic carbocycles. The molecule has 0 aromatic heterocycles. The first-order chi connectivity index (χ1) is 10.5. The lowest BCUT2D eigenvalue weighted by molar-refractivity contribution is 0.354. The quantitative estimate of drug-likeness (QED) is 0.888. The van der Waals surface area contributed by atoms with Crippen LogP contribution in [-0.4, -0.2) is 22.6 Å². The molecule has 0 saturated heterocycles. The standard InChI is InChI=1S/C16H19NO4S/c1-12-5-4-6-13(9-12)11-17-22(18,19)14-7-8-15(20-2)16(10-14)21-3/h4-10,17H,11H2,1-3H3. The van der Waals surface area contributed by atoms with Gasteiger partial charge in [-0.1, -0.05) is 29.8 Å². The van der Waals surface area contributed by atoms with Crippen LogP contribution in [0.4, 0.5) is 0 Å². The molecule has 0 bridgehead atoms. The third kappa shape index (κ3) is 3.78. The Bertz CT molecular complexity index is 756. The summed E-state index contributed by atoms with van der Waals surface area (Å²) in [6, 6.07) is 12.2. The van der Waals surface area contributed by atoms with Crippen LogP contribution >= 0.6 is 0 Å². The van der Waals surface area contributed by atoms with Crippen LogP contribution in [0.25, 0.3) is 0 Å². The van der Waals surface area contributed by atoms with Gasteiger partial charge in [-0.05, 0) is 24.6 Å². The third-order valence-electron chi connectivity index (χ3n) is 3.21. The lowest BCUT2D eigenvalue weighted by atomic mass is 10.1. The molecule has 6 heteroatoms. The molecule has 22 heavy (non-hydrogen) atoms. The SMILES string of the molecule is COc1ccc(S(=O)(=O)NCc2cccc(C)c2)cc1OC. The summed E-state index contributed by atoms with van der Waals surface area (Å²) < 4.78 is 37.5. The molecule has 0 heterocycles. The number of aryl methyl sites for hydroxylation is 1. The maximum absolute atomic E-state index is 12.4. The summed E-state index contributed by atoms with van der Waals surface area (Å²) >= 11 is 0. The summed E-state index contributed by atoms with van der Waals surface area (Å²) in [5.41, 5.74) is 1.99. The number of hydrogen-bond acceptors (Lipinski definition) is 4. The molecule has 0 amide bonds. The van der Waals surface area contributed by atoms with Crippen molar-refractivity contribution in [1.29, 1.82) is 0 Å². The van der Waals surface area contributed by atoms with E-state index in [0.717, 1.165) is 11.1 Å². The highest BCUT2D eigenvalue weighted by atomic mass is 32.2. The smallest absolute Gasteiger partial charge is 0.241 e. The van der Waals surface area contributed by atoms with Crippen molar-refractivity contribution in [3.05, 3.63) is 53.6 Å². The Hall–Kier alpha value is -2.05. The lowest BCUT2D eigenvalue weighted by Crippen LogP contribution is -2.23. The summed E-state index contributed by atoms with van der Waals surface area (Å²) in [7, 11) is -0.646. The van der Waals surface area contributed by atoms with Gasteiger partial charge >= 0.3 is 0 Å². The van der Waals surface area contributed by atoms with E-state index in [1.54, 1.807) is 6.07 Å². The van der Waals surface area contributed by atoms with Gasteiger partial charge in [-0.3, -0.25) is 0 Å². The molecular formula is C16H19NO4S. The number of hydrogen-bond donors (Lipinski definition) is 1. The van der Waals surface area contributed by atoms with E-state index in [1.165, 1.54) is 26.4 Å². The van der Waals surface area contributed by atoms with Gasteiger partial charge < -0.3 is 9.47 Å². The van der Waals surface area contributed by atoms with Crippen molar-refractivity contribution in [3.63, 3.8) is 0 Å². The summed E-state index contributed by atoms with van der Waals surface area (Å²) in [4.78, 5) is 0.137. The largest absolute Gasteiger partial charge is 0.493 e. The fourth-order valence-corrected chi connectivity index (χ4v) is 3.10. The van der Waals surface area contributed by atoms with E-state index >= 15 is 0 Å². The molecule has 0 aliphatic heterocycles. The van der Waals surface area contributed by atoms with Gasteiger partial charge in [0.25, 0.3) is 0 Å². The summed E-state index contributed by atoms with van der Waals surface area (Å²) in [5, 5.41) is 0. The third-order valence-corrected chi connectivity index (χ3v) is 4.61. The van der Waals surface area contributed by atoms with Crippen LogP contribution in [0, 0.1) is 6.92 Å². The van der Waals surface area contributed by atoms with E-state index in [-0.39, 0.29) is 11.4 Å². The van der Waals surface area contributed by atoms with Gasteiger partial charge in [-0.2, -0.15) is 0 Å². The van der Waals surface area contributed by atoms with Gasteiger partial charge in [-0.25, -0.2) is 13.1 Å². The lowest BCUT2D eigenvalue weighted by Gasteiger charge is -2.11. The molecule has 0 radical (unpaired) electrons. The first-order valence-corrected chi connectivity index (χ1v) is 8.22. The van der Waals surface area contributed by atoms with E-state index in [4.69, 9.17) is 9.47 Å². The molecule has 0 spiro atoms. The second kappa shape index (κ2) is 6.81. The fraction of sp³-hybridized carbons (Fsp3) is 0.250. The molecule has 0 atom stereocenters. The zero-order valence-corrected chi connectivity index (χ0v) is 13.6. The van der Waals surface area contributed by atoms with Gasteiger partial charge in [0.15, 0.2) is 11.5 Å². The summed E-state index contributed by atoms with van der Waals surface area (Å²) in [6.07, 6.45) is 0. The molecule has 2 aromatic rings. The molecule has 0 saturated carbocycles. The predicted molar refractivity (Wildman–Crippen MR) is 84.8 cm³/mol. The first kappa shape index (κ1) is 16.3. The number of benzene rings is 2. The topological polar surface area (TPSA) is 64.6 Å². The van der Waals surface area contributed by atoms with Crippen LogP contribution in [0.5, 0.6) is 11.5 Å². The summed E-state index contributed by atoms with van der Waals surface area (Å²) in [6.45, 7) is 2.20. The van der Waals surface area contributed by atoms with Gasteiger partial charge in [0.2, 0.25) is 10.0 Å². The van der Waals surface area contributed by atoms with Crippen LogP contribution < -0.4 is 14.2 Å². The molecular weight excluding hydrogens is 302 g/mol. The highest BCUT2D eigenvalue weighted by Crippen LogP contribution is 2.29. The minimum atomic E-state index is -3.61. The van der Waals surface area contributed by atoms with E-state index in [9.17, 15) is 8.42 Å². The zero-order chi connectivity index (χ0) is 16.2. The molecule has 0 unspecified atom stereocenters. The number of rotatable bonds is 6. The highest BCUT2D eigenvalue weighted by Gasteiger charge is 2.16. The van der Waals surface area contributed by atoms with Gasteiger partial charge in [0.05, 0.1) is 19.1 Å². The molecule has 0 fully saturated rings. The Morgan fingerprint density at radius 3 is 2.36 bits per heavy atom. The second-order valence-electron chi connectivity index (χ2n) is 4.83. The maximum atomic E-state index is 12.4. The Kier molecular flexibility index (Phi) is 5.05.